The van der Waals surface area contributed by atoms with Crippen LogP contribution in [0.2, 0.25) is 0 Å². The summed E-state index contributed by atoms with van der Waals surface area (Å²) in [5.74, 6) is -0.657. The monoisotopic (exact) mass is 314 g/mol. The van der Waals surface area contributed by atoms with E-state index in [4.69, 9.17) is 5.14 Å². The first-order valence-corrected chi connectivity index (χ1v) is 8.53. The summed E-state index contributed by atoms with van der Waals surface area (Å²) < 4.78 is 36.1. The van der Waals surface area contributed by atoms with Gasteiger partial charge in [0, 0.05) is 6.42 Å². The van der Waals surface area contributed by atoms with E-state index >= 15 is 0 Å². The summed E-state index contributed by atoms with van der Waals surface area (Å²) in [6.07, 6.45) is 5.78. The van der Waals surface area contributed by atoms with Crippen molar-refractivity contribution < 1.29 is 17.6 Å². The molecule has 0 heterocycles. The van der Waals surface area contributed by atoms with E-state index in [0.717, 1.165) is 43.9 Å². The van der Waals surface area contributed by atoms with Gasteiger partial charge in [0.1, 0.15) is 5.82 Å². The van der Waals surface area contributed by atoms with Crippen molar-refractivity contribution in [3.05, 3.63) is 24.0 Å². The molecule has 0 spiro atoms. The van der Waals surface area contributed by atoms with Gasteiger partial charge >= 0.3 is 0 Å². The van der Waals surface area contributed by atoms with Crippen LogP contribution < -0.4 is 10.5 Å². The summed E-state index contributed by atoms with van der Waals surface area (Å²) in [7, 11) is -3.92. The van der Waals surface area contributed by atoms with Crippen LogP contribution in [0.4, 0.5) is 10.1 Å². The molecule has 0 aromatic heterocycles. The summed E-state index contributed by atoms with van der Waals surface area (Å²) in [5.41, 5.74) is -0.151. The highest BCUT2D eigenvalue weighted by atomic mass is 32.2. The van der Waals surface area contributed by atoms with Gasteiger partial charge < -0.3 is 5.32 Å². The molecular formula is C14H19FN2O3S. The number of sulfonamides is 1. The molecule has 1 fully saturated rings. The van der Waals surface area contributed by atoms with Crippen LogP contribution in [0, 0.1) is 11.7 Å². The maximum Gasteiger partial charge on any atom is 0.238 e. The summed E-state index contributed by atoms with van der Waals surface area (Å²) in [5, 5.41) is 7.43. The fourth-order valence-corrected chi connectivity index (χ4v) is 3.17. The molecule has 116 valence electrons. The number of anilines is 1. The van der Waals surface area contributed by atoms with E-state index < -0.39 is 15.8 Å². The number of hydrogen-bond acceptors (Lipinski definition) is 3. The van der Waals surface area contributed by atoms with Crippen molar-refractivity contribution in [3.8, 4) is 0 Å². The first kappa shape index (κ1) is 15.9. The average Bonchev–Trinajstić information content (AvgIpc) is 2.41. The highest BCUT2D eigenvalue weighted by molar-refractivity contribution is 7.89. The molecule has 0 atom stereocenters. The molecule has 7 heteroatoms. The molecule has 0 radical (unpaired) electrons. The molecule has 0 saturated heterocycles. The van der Waals surface area contributed by atoms with Crippen molar-refractivity contribution in [2.45, 2.75) is 43.4 Å². The Balaban J connectivity index is 2.06. The third kappa shape index (κ3) is 4.50. The number of nitrogens with two attached hydrogens (primary N) is 1. The van der Waals surface area contributed by atoms with Crippen molar-refractivity contribution in [2.24, 2.45) is 11.1 Å². The summed E-state index contributed by atoms with van der Waals surface area (Å²) in [6, 6.07) is 3.10. The normalized spacial score (nSPS) is 16.7. The molecule has 5 nitrogen and oxygen atoms in total. The zero-order chi connectivity index (χ0) is 15.5. The van der Waals surface area contributed by atoms with Crippen LogP contribution in [-0.2, 0) is 14.8 Å². The van der Waals surface area contributed by atoms with Crippen molar-refractivity contribution >= 4 is 21.6 Å². The zero-order valence-corrected chi connectivity index (χ0v) is 12.5. The fourth-order valence-electron chi connectivity index (χ4n) is 2.63. The third-order valence-corrected chi connectivity index (χ3v) is 4.65. The maximum absolute atomic E-state index is 13.6. The van der Waals surface area contributed by atoms with Gasteiger partial charge in [0.25, 0.3) is 0 Å². The molecule has 0 aliphatic heterocycles. The van der Waals surface area contributed by atoms with Gasteiger partial charge in [0.05, 0.1) is 10.6 Å². The predicted molar refractivity (Wildman–Crippen MR) is 77.6 cm³/mol. The molecule has 2 rings (SSSR count). The van der Waals surface area contributed by atoms with E-state index in [2.05, 4.69) is 5.32 Å². The average molecular weight is 314 g/mol. The van der Waals surface area contributed by atoms with E-state index in [0.29, 0.717) is 12.3 Å². The fraction of sp³-hybridized carbons (Fsp3) is 0.500. The van der Waals surface area contributed by atoms with Gasteiger partial charge in [-0.15, -0.1) is 0 Å². The van der Waals surface area contributed by atoms with Crippen molar-refractivity contribution in [3.63, 3.8) is 0 Å². The van der Waals surface area contributed by atoms with E-state index in [-0.39, 0.29) is 16.5 Å². The summed E-state index contributed by atoms with van der Waals surface area (Å²) in [6.45, 7) is 0. The van der Waals surface area contributed by atoms with Crippen LogP contribution in [0.1, 0.15) is 38.5 Å². The van der Waals surface area contributed by atoms with Crippen molar-refractivity contribution in [1.29, 1.82) is 0 Å². The molecule has 0 bridgehead atoms. The molecule has 1 aliphatic carbocycles. The smallest absolute Gasteiger partial charge is 0.238 e. The molecule has 0 unspecified atom stereocenters. The predicted octanol–water partition coefficient (Wildman–Crippen LogP) is 2.38. The number of carbonyl (C=O) groups excluding carboxylic acids is 1. The minimum Gasteiger partial charge on any atom is -0.324 e. The summed E-state index contributed by atoms with van der Waals surface area (Å²) >= 11 is 0. The number of benzene rings is 1. The van der Waals surface area contributed by atoms with Crippen LogP contribution in [0.25, 0.3) is 0 Å². The minimum atomic E-state index is -3.92. The van der Waals surface area contributed by atoms with Crippen LogP contribution >= 0.6 is 0 Å². The second kappa shape index (κ2) is 6.53. The Morgan fingerprint density at radius 3 is 2.57 bits per heavy atom. The topological polar surface area (TPSA) is 89.3 Å². The van der Waals surface area contributed by atoms with Gasteiger partial charge in [-0.1, -0.05) is 19.3 Å². The lowest BCUT2D eigenvalue weighted by molar-refractivity contribution is -0.117. The van der Waals surface area contributed by atoms with E-state index in [1.807, 2.05) is 0 Å². The van der Waals surface area contributed by atoms with Gasteiger partial charge in [-0.05, 0) is 37.0 Å². The number of halogens is 1. The molecule has 1 amide bonds. The van der Waals surface area contributed by atoms with Crippen LogP contribution in [0.5, 0.6) is 0 Å². The Kier molecular flexibility index (Phi) is 4.95. The molecule has 1 aromatic rings. The van der Waals surface area contributed by atoms with Crippen LogP contribution in [0.15, 0.2) is 23.1 Å². The standard InChI is InChI=1S/C14H19FN2O3S/c15-12-7-6-11(21(16,19)20)9-13(12)17-14(18)8-10-4-2-1-3-5-10/h6-7,9-10H,1-5,8H2,(H,17,18)(H2,16,19,20). The van der Waals surface area contributed by atoms with E-state index in [9.17, 15) is 17.6 Å². The Bertz CT molecular complexity index is 625. The van der Waals surface area contributed by atoms with E-state index in [1.165, 1.54) is 6.42 Å². The number of hydrogen-bond donors (Lipinski definition) is 2. The van der Waals surface area contributed by atoms with Gasteiger partial charge in [-0.2, -0.15) is 0 Å². The lowest BCUT2D eigenvalue weighted by atomic mass is 9.87. The highest BCUT2D eigenvalue weighted by Gasteiger charge is 2.18. The van der Waals surface area contributed by atoms with Gasteiger partial charge in [-0.25, -0.2) is 17.9 Å². The first-order valence-electron chi connectivity index (χ1n) is 6.98. The largest absolute Gasteiger partial charge is 0.324 e. The molecule has 21 heavy (non-hydrogen) atoms. The highest BCUT2D eigenvalue weighted by Crippen LogP contribution is 2.27. The molecule has 1 aliphatic rings. The van der Waals surface area contributed by atoms with Crippen LogP contribution in [0.3, 0.4) is 0 Å². The lowest BCUT2D eigenvalue weighted by Gasteiger charge is -2.20. The number of carbonyl (C=O) groups is 1. The quantitative estimate of drug-likeness (QED) is 0.894. The zero-order valence-electron chi connectivity index (χ0n) is 11.6. The minimum absolute atomic E-state index is 0.151. The van der Waals surface area contributed by atoms with Crippen molar-refractivity contribution in [1.82, 2.24) is 0 Å². The van der Waals surface area contributed by atoms with E-state index in [1.54, 1.807) is 0 Å². The Morgan fingerprint density at radius 2 is 1.95 bits per heavy atom. The second-order valence-corrected chi connectivity index (χ2v) is 7.00. The second-order valence-electron chi connectivity index (χ2n) is 5.44. The van der Waals surface area contributed by atoms with Crippen LogP contribution in [-0.4, -0.2) is 14.3 Å². The Hall–Kier alpha value is -1.47. The van der Waals surface area contributed by atoms with Gasteiger partial charge in [-0.3, -0.25) is 4.79 Å². The maximum atomic E-state index is 13.6. The number of nitrogens with one attached hydrogen (secondary N) is 1. The number of amides is 1. The van der Waals surface area contributed by atoms with Gasteiger partial charge in [0.2, 0.25) is 15.9 Å². The first-order chi connectivity index (χ1) is 9.86. The molecule has 3 N–H and O–H groups in total. The van der Waals surface area contributed by atoms with Gasteiger partial charge in [0.15, 0.2) is 0 Å². The molecule has 1 aromatic carbocycles. The lowest BCUT2D eigenvalue weighted by Crippen LogP contribution is -2.19. The number of primary sulfonamides is 1. The number of rotatable bonds is 4. The SMILES string of the molecule is NS(=O)(=O)c1ccc(F)c(NC(=O)CC2CCCCC2)c1. The molecular weight excluding hydrogens is 295 g/mol. The third-order valence-electron chi connectivity index (χ3n) is 3.74. The summed E-state index contributed by atoms with van der Waals surface area (Å²) in [4.78, 5) is 11.7. The van der Waals surface area contributed by atoms with Crippen molar-refractivity contribution in [2.75, 3.05) is 5.32 Å². The molecule has 1 saturated carbocycles. The Morgan fingerprint density at radius 1 is 1.29 bits per heavy atom. The Labute approximate surface area is 123 Å².